The monoisotopic (exact) mass is 311 g/mol. The molecule has 2 aromatic carbocycles. The van der Waals surface area contributed by atoms with E-state index in [2.05, 4.69) is 5.32 Å². The van der Waals surface area contributed by atoms with E-state index in [-0.39, 0.29) is 18.3 Å². The first-order valence-corrected chi connectivity index (χ1v) is 7.69. The van der Waals surface area contributed by atoms with Gasteiger partial charge in [-0.1, -0.05) is 30.3 Å². The summed E-state index contributed by atoms with van der Waals surface area (Å²) in [5.74, 6) is 0.689. The van der Waals surface area contributed by atoms with Crippen LogP contribution in [-0.4, -0.2) is 18.3 Å². The van der Waals surface area contributed by atoms with Crippen molar-refractivity contribution in [1.29, 1.82) is 0 Å². The van der Waals surface area contributed by atoms with Crippen LogP contribution in [-0.2, 0) is 16.0 Å². The predicted octanol–water partition coefficient (Wildman–Crippen LogP) is 3.62. The topological polar surface area (TPSA) is 55.4 Å². The third kappa shape index (κ3) is 6.34. The molecule has 0 heterocycles. The molecule has 0 aliphatic carbocycles. The lowest BCUT2D eigenvalue weighted by Gasteiger charge is -2.08. The second kappa shape index (κ2) is 8.73. The van der Waals surface area contributed by atoms with E-state index < -0.39 is 0 Å². The van der Waals surface area contributed by atoms with E-state index in [4.69, 9.17) is 4.74 Å². The number of carbonyl (C=O) groups is 2. The Hall–Kier alpha value is -2.62. The fraction of sp³-hybridized carbons (Fsp3) is 0.263. The first-order chi connectivity index (χ1) is 11.1. The number of ketones is 1. The Morgan fingerprint density at radius 3 is 2.35 bits per heavy atom. The lowest BCUT2D eigenvalue weighted by Crippen LogP contribution is -2.20. The van der Waals surface area contributed by atoms with Crippen LogP contribution in [0.3, 0.4) is 0 Å². The van der Waals surface area contributed by atoms with Crippen molar-refractivity contribution in [2.24, 2.45) is 0 Å². The maximum Gasteiger partial charge on any atom is 0.262 e. The molecule has 0 aliphatic rings. The molecule has 0 saturated heterocycles. The van der Waals surface area contributed by atoms with E-state index in [0.717, 1.165) is 24.1 Å². The smallest absolute Gasteiger partial charge is 0.262 e. The van der Waals surface area contributed by atoms with Crippen molar-refractivity contribution in [3.63, 3.8) is 0 Å². The molecule has 0 unspecified atom stereocenters. The number of nitrogens with one attached hydrogen (secondary N) is 1. The molecule has 4 heteroatoms. The normalized spacial score (nSPS) is 10.1. The Morgan fingerprint density at radius 2 is 1.70 bits per heavy atom. The van der Waals surface area contributed by atoms with Gasteiger partial charge in [0.2, 0.25) is 0 Å². The molecule has 0 fully saturated rings. The van der Waals surface area contributed by atoms with E-state index in [9.17, 15) is 9.59 Å². The highest BCUT2D eigenvalue weighted by molar-refractivity contribution is 5.91. The lowest BCUT2D eigenvalue weighted by atomic mass is 10.1. The zero-order valence-electron chi connectivity index (χ0n) is 13.2. The average molecular weight is 311 g/mol. The Bertz CT molecular complexity index is 635. The maximum atomic E-state index is 11.8. The molecule has 1 amide bonds. The largest absolute Gasteiger partial charge is 0.484 e. The van der Waals surface area contributed by atoms with Crippen molar-refractivity contribution in [2.45, 2.75) is 26.2 Å². The van der Waals surface area contributed by atoms with Gasteiger partial charge < -0.3 is 14.8 Å². The summed E-state index contributed by atoms with van der Waals surface area (Å²) in [5.41, 5.74) is 1.90. The van der Waals surface area contributed by atoms with Crippen molar-refractivity contribution in [3.8, 4) is 5.75 Å². The molecule has 0 bridgehead atoms. The highest BCUT2D eigenvalue weighted by Gasteiger charge is 2.04. The molecule has 0 spiro atoms. The van der Waals surface area contributed by atoms with Crippen molar-refractivity contribution >= 4 is 17.4 Å². The fourth-order valence-corrected chi connectivity index (χ4v) is 2.16. The van der Waals surface area contributed by atoms with E-state index in [0.29, 0.717) is 12.2 Å². The summed E-state index contributed by atoms with van der Waals surface area (Å²) >= 11 is 0. The summed E-state index contributed by atoms with van der Waals surface area (Å²) in [6.07, 6.45) is 2.33. The van der Waals surface area contributed by atoms with E-state index >= 15 is 0 Å². The molecule has 4 nitrogen and oxygen atoms in total. The third-order valence-electron chi connectivity index (χ3n) is 3.35. The van der Waals surface area contributed by atoms with Gasteiger partial charge in [-0.15, -0.1) is 0 Å². The molecule has 0 radical (unpaired) electrons. The summed E-state index contributed by atoms with van der Waals surface area (Å²) in [5, 5.41) is 2.80. The van der Waals surface area contributed by atoms with Gasteiger partial charge in [-0.2, -0.15) is 0 Å². The number of hydrogen-bond donors (Lipinski definition) is 1. The summed E-state index contributed by atoms with van der Waals surface area (Å²) in [6.45, 7) is 1.58. The first kappa shape index (κ1) is 16.7. The van der Waals surface area contributed by atoms with Crippen LogP contribution in [0.1, 0.15) is 25.3 Å². The summed E-state index contributed by atoms with van der Waals surface area (Å²) in [6, 6.07) is 16.9. The second-order valence-corrected chi connectivity index (χ2v) is 5.40. The predicted molar refractivity (Wildman–Crippen MR) is 90.6 cm³/mol. The minimum atomic E-state index is -0.196. The molecule has 23 heavy (non-hydrogen) atoms. The Morgan fingerprint density at radius 1 is 1.00 bits per heavy atom. The van der Waals surface area contributed by atoms with Gasteiger partial charge in [-0.25, -0.2) is 0 Å². The standard InChI is InChI=1S/C19H21NO3/c1-15(21)6-5-7-16-10-12-17(13-11-16)20-19(22)14-23-18-8-3-2-4-9-18/h2-4,8-13H,5-7,14H2,1H3,(H,20,22). The second-order valence-electron chi connectivity index (χ2n) is 5.40. The van der Waals surface area contributed by atoms with Crippen LogP contribution in [0.4, 0.5) is 5.69 Å². The van der Waals surface area contributed by atoms with Crippen molar-refractivity contribution in [3.05, 3.63) is 60.2 Å². The number of carbonyl (C=O) groups excluding carboxylic acids is 2. The SMILES string of the molecule is CC(=O)CCCc1ccc(NC(=O)COc2ccccc2)cc1. The number of rotatable bonds is 8. The van der Waals surface area contributed by atoms with Gasteiger partial charge in [-0.3, -0.25) is 4.79 Å². The van der Waals surface area contributed by atoms with Gasteiger partial charge in [0.05, 0.1) is 0 Å². The zero-order valence-corrected chi connectivity index (χ0v) is 13.2. The Kier molecular flexibility index (Phi) is 6.36. The van der Waals surface area contributed by atoms with Gasteiger partial charge in [0, 0.05) is 12.1 Å². The molecule has 0 atom stereocenters. The molecule has 1 N–H and O–H groups in total. The van der Waals surface area contributed by atoms with Crippen molar-refractivity contribution in [1.82, 2.24) is 0 Å². The number of amides is 1. The van der Waals surface area contributed by atoms with E-state index in [1.165, 1.54) is 0 Å². The number of aryl methyl sites for hydroxylation is 1. The molecule has 0 aromatic heterocycles. The fourth-order valence-electron chi connectivity index (χ4n) is 2.16. The van der Waals surface area contributed by atoms with E-state index in [1.807, 2.05) is 54.6 Å². The van der Waals surface area contributed by atoms with Crippen LogP contribution in [0.15, 0.2) is 54.6 Å². The maximum absolute atomic E-state index is 11.8. The van der Waals surface area contributed by atoms with Crippen LogP contribution in [0.2, 0.25) is 0 Å². The van der Waals surface area contributed by atoms with Gasteiger partial charge >= 0.3 is 0 Å². The minimum Gasteiger partial charge on any atom is -0.484 e. The van der Waals surface area contributed by atoms with Crippen molar-refractivity contribution in [2.75, 3.05) is 11.9 Å². The van der Waals surface area contributed by atoms with Gasteiger partial charge in [0.25, 0.3) is 5.91 Å². The number of ether oxygens (including phenoxy) is 1. The van der Waals surface area contributed by atoms with Gasteiger partial charge in [0.15, 0.2) is 6.61 Å². The highest BCUT2D eigenvalue weighted by atomic mass is 16.5. The molecule has 0 aliphatic heterocycles. The molecule has 120 valence electrons. The molecular weight excluding hydrogens is 290 g/mol. The van der Waals surface area contributed by atoms with Crippen LogP contribution < -0.4 is 10.1 Å². The van der Waals surface area contributed by atoms with Crippen LogP contribution in [0.5, 0.6) is 5.75 Å². The number of anilines is 1. The zero-order chi connectivity index (χ0) is 16.5. The molecule has 0 saturated carbocycles. The Balaban J connectivity index is 1.76. The quantitative estimate of drug-likeness (QED) is 0.810. The van der Waals surface area contributed by atoms with Crippen LogP contribution in [0.25, 0.3) is 0 Å². The van der Waals surface area contributed by atoms with Crippen LogP contribution in [0, 0.1) is 0 Å². The molecule has 2 rings (SSSR count). The highest BCUT2D eigenvalue weighted by Crippen LogP contribution is 2.12. The van der Waals surface area contributed by atoms with Crippen molar-refractivity contribution < 1.29 is 14.3 Å². The summed E-state index contributed by atoms with van der Waals surface area (Å²) in [7, 11) is 0. The number of Topliss-reactive ketones (excluding diaryl/α,β-unsaturated/α-hetero) is 1. The lowest BCUT2D eigenvalue weighted by molar-refractivity contribution is -0.118. The summed E-state index contributed by atoms with van der Waals surface area (Å²) in [4.78, 5) is 22.8. The summed E-state index contributed by atoms with van der Waals surface area (Å²) < 4.78 is 5.40. The van der Waals surface area contributed by atoms with Gasteiger partial charge in [-0.05, 0) is 49.6 Å². The molecular formula is C19H21NO3. The van der Waals surface area contributed by atoms with Gasteiger partial charge in [0.1, 0.15) is 11.5 Å². The van der Waals surface area contributed by atoms with Crippen LogP contribution >= 0.6 is 0 Å². The Labute approximate surface area is 136 Å². The average Bonchev–Trinajstić information content (AvgIpc) is 2.55. The molecule has 2 aromatic rings. The minimum absolute atomic E-state index is 0.0234. The van der Waals surface area contributed by atoms with E-state index in [1.54, 1.807) is 6.92 Å². The third-order valence-corrected chi connectivity index (χ3v) is 3.35. The first-order valence-electron chi connectivity index (χ1n) is 7.69. The number of para-hydroxylation sites is 1. The number of benzene rings is 2. The number of hydrogen-bond acceptors (Lipinski definition) is 3.